The molecule has 5 atom stereocenters. The van der Waals surface area contributed by atoms with Crippen LogP contribution in [0.15, 0.2) is 0 Å². The molecule has 8 heteroatoms. The van der Waals surface area contributed by atoms with Gasteiger partial charge in [-0.2, -0.15) is 13.2 Å². The molecular formula is C25H44F3NO4. The molecule has 5 nitrogen and oxygen atoms in total. The SMILES string of the molecule is OCC1[C@H](O)[C@H](O)CCN1CCCCCOCC1CCC(C2CCCC(C(F)(F)F)C2)CC1. The fourth-order valence-corrected chi connectivity index (χ4v) is 6.33. The van der Waals surface area contributed by atoms with Crippen molar-refractivity contribution < 1.29 is 33.2 Å². The molecular weight excluding hydrogens is 435 g/mol. The lowest BCUT2D eigenvalue weighted by molar-refractivity contribution is -0.187. The van der Waals surface area contributed by atoms with Gasteiger partial charge < -0.3 is 20.1 Å². The van der Waals surface area contributed by atoms with Crippen molar-refractivity contribution in [2.45, 2.75) is 101 Å². The highest BCUT2D eigenvalue weighted by Gasteiger charge is 2.43. The van der Waals surface area contributed by atoms with E-state index < -0.39 is 24.3 Å². The minimum absolute atomic E-state index is 0.146. The minimum atomic E-state index is -4.03. The Morgan fingerprint density at radius 3 is 2.33 bits per heavy atom. The van der Waals surface area contributed by atoms with E-state index in [0.29, 0.717) is 37.6 Å². The van der Waals surface area contributed by atoms with Gasteiger partial charge in [0.25, 0.3) is 0 Å². The summed E-state index contributed by atoms with van der Waals surface area (Å²) in [5.41, 5.74) is 0. The molecule has 3 rings (SSSR count). The van der Waals surface area contributed by atoms with Crippen LogP contribution in [0.25, 0.3) is 0 Å². The van der Waals surface area contributed by atoms with Crippen LogP contribution in [0.5, 0.6) is 0 Å². The fraction of sp³-hybridized carbons (Fsp3) is 1.00. The number of ether oxygens (including phenoxy) is 1. The number of aliphatic hydroxyl groups is 3. The smallest absolute Gasteiger partial charge is 0.391 e. The lowest BCUT2D eigenvalue weighted by atomic mass is 9.68. The summed E-state index contributed by atoms with van der Waals surface area (Å²) < 4.78 is 45.2. The van der Waals surface area contributed by atoms with E-state index in [1.165, 1.54) is 0 Å². The molecule has 194 valence electrons. The van der Waals surface area contributed by atoms with E-state index in [2.05, 4.69) is 4.90 Å². The van der Waals surface area contributed by atoms with Crippen molar-refractivity contribution in [3.63, 3.8) is 0 Å². The van der Waals surface area contributed by atoms with E-state index in [1.54, 1.807) is 0 Å². The number of likely N-dealkylation sites (tertiary alicyclic amines) is 1. The van der Waals surface area contributed by atoms with Crippen molar-refractivity contribution in [3.05, 3.63) is 0 Å². The Kier molecular flexibility index (Phi) is 10.8. The predicted molar refractivity (Wildman–Crippen MR) is 121 cm³/mol. The van der Waals surface area contributed by atoms with Crippen LogP contribution in [0.4, 0.5) is 13.2 Å². The van der Waals surface area contributed by atoms with Crippen molar-refractivity contribution in [2.75, 3.05) is 32.9 Å². The van der Waals surface area contributed by atoms with Gasteiger partial charge >= 0.3 is 6.18 Å². The molecule has 0 aromatic rings. The molecule has 1 heterocycles. The van der Waals surface area contributed by atoms with Crippen molar-refractivity contribution >= 4 is 0 Å². The molecule has 3 fully saturated rings. The van der Waals surface area contributed by atoms with Gasteiger partial charge in [-0.3, -0.25) is 4.90 Å². The average molecular weight is 480 g/mol. The first kappa shape index (κ1) is 27.2. The molecule has 2 saturated carbocycles. The van der Waals surface area contributed by atoms with Crippen LogP contribution in [0.2, 0.25) is 0 Å². The Morgan fingerprint density at radius 2 is 1.64 bits per heavy atom. The molecule has 1 aliphatic heterocycles. The zero-order valence-corrected chi connectivity index (χ0v) is 19.9. The summed E-state index contributed by atoms with van der Waals surface area (Å²) in [6, 6.07) is -0.381. The maximum atomic E-state index is 13.1. The molecule has 2 aliphatic carbocycles. The number of piperidine rings is 1. The van der Waals surface area contributed by atoms with Crippen LogP contribution in [0.1, 0.15) is 77.0 Å². The molecule has 3 N–H and O–H groups in total. The first-order chi connectivity index (χ1) is 15.8. The average Bonchev–Trinajstić information content (AvgIpc) is 2.80. The van der Waals surface area contributed by atoms with Crippen LogP contribution in [-0.2, 0) is 4.74 Å². The van der Waals surface area contributed by atoms with Gasteiger partial charge in [0.1, 0.15) is 0 Å². The molecule has 0 aromatic carbocycles. The summed E-state index contributed by atoms with van der Waals surface area (Å²) in [5, 5.41) is 29.3. The van der Waals surface area contributed by atoms with Gasteiger partial charge in [-0.15, -0.1) is 0 Å². The summed E-state index contributed by atoms with van der Waals surface area (Å²) in [5.74, 6) is 0.166. The Morgan fingerprint density at radius 1 is 0.879 bits per heavy atom. The zero-order valence-electron chi connectivity index (χ0n) is 19.9. The zero-order chi connectivity index (χ0) is 23.8. The molecule has 0 spiro atoms. The Balaban J connectivity index is 1.22. The third kappa shape index (κ3) is 8.06. The van der Waals surface area contributed by atoms with Gasteiger partial charge in [0, 0.05) is 19.8 Å². The normalized spacial score (nSPS) is 36.7. The number of unbranched alkanes of at least 4 members (excludes halogenated alkanes) is 2. The predicted octanol–water partition coefficient (Wildman–Crippen LogP) is 4.14. The summed E-state index contributed by atoms with van der Waals surface area (Å²) in [4.78, 5) is 2.07. The molecule has 0 radical (unpaired) electrons. The second kappa shape index (κ2) is 13.1. The summed E-state index contributed by atoms with van der Waals surface area (Å²) in [6.07, 6.45) is 4.41. The quantitative estimate of drug-likeness (QED) is 0.411. The third-order valence-electron chi connectivity index (χ3n) is 8.48. The van der Waals surface area contributed by atoms with Gasteiger partial charge in [0.2, 0.25) is 0 Å². The molecule has 1 saturated heterocycles. The highest BCUT2D eigenvalue weighted by Crippen LogP contribution is 2.46. The van der Waals surface area contributed by atoms with E-state index in [0.717, 1.165) is 77.5 Å². The monoisotopic (exact) mass is 479 g/mol. The van der Waals surface area contributed by atoms with Crippen molar-refractivity contribution in [1.29, 1.82) is 0 Å². The van der Waals surface area contributed by atoms with E-state index in [9.17, 15) is 28.5 Å². The highest BCUT2D eigenvalue weighted by molar-refractivity contribution is 4.89. The van der Waals surface area contributed by atoms with Gasteiger partial charge in [-0.05, 0) is 88.5 Å². The van der Waals surface area contributed by atoms with Crippen molar-refractivity contribution in [3.8, 4) is 0 Å². The summed E-state index contributed by atoms with van der Waals surface area (Å²) >= 11 is 0. The number of aliphatic hydroxyl groups excluding tert-OH is 3. The third-order valence-corrected chi connectivity index (χ3v) is 8.48. The second-order valence-electron chi connectivity index (χ2n) is 10.7. The van der Waals surface area contributed by atoms with Gasteiger partial charge in [0.05, 0.1) is 30.8 Å². The Bertz CT molecular complexity index is 556. The first-order valence-corrected chi connectivity index (χ1v) is 13.1. The van der Waals surface area contributed by atoms with Gasteiger partial charge in [-0.1, -0.05) is 12.8 Å². The molecule has 0 aromatic heterocycles. The molecule has 33 heavy (non-hydrogen) atoms. The Hall–Kier alpha value is -0.410. The molecule has 3 unspecified atom stereocenters. The minimum Gasteiger partial charge on any atom is -0.395 e. The van der Waals surface area contributed by atoms with Crippen LogP contribution in [0.3, 0.4) is 0 Å². The van der Waals surface area contributed by atoms with Crippen LogP contribution >= 0.6 is 0 Å². The first-order valence-electron chi connectivity index (χ1n) is 13.1. The molecule has 0 amide bonds. The standard InChI is InChI=1S/C25H44F3NO4/c26-25(27,28)21-6-4-5-20(15-21)19-9-7-18(8-10-19)17-33-14-3-1-2-12-29-13-11-23(31)24(32)22(29)16-30/h18-24,30-32H,1-17H2/t18?,19?,20?,21?,22?,23-,24+/m1/s1. The number of alkyl halides is 3. The highest BCUT2D eigenvalue weighted by atomic mass is 19.4. The maximum absolute atomic E-state index is 13.1. The molecule has 3 aliphatic rings. The van der Waals surface area contributed by atoms with Gasteiger partial charge in [0.15, 0.2) is 0 Å². The summed E-state index contributed by atoms with van der Waals surface area (Å²) in [6.45, 7) is 2.83. The number of hydrogen-bond donors (Lipinski definition) is 3. The topological polar surface area (TPSA) is 73.2 Å². The van der Waals surface area contributed by atoms with E-state index in [4.69, 9.17) is 4.74 Å². The fourth-order valence-electron chi connectivity index (χ4n) is 6.33. The molecule has 0 bridgehead atoms. The van der Waals surface area contributed by atoms with E-state index in [1.807, 2.05) is 0 Å². The number of rotatable bonds is 10. The van der Waals surface area contributed by atoms with Gasteiger partial charge in [-0.25, -0.2) is 0 Å². The lowest BCUT2D eigenvalue weighted by Gasteiger charge is -2.40. The second-order valence-corrected chi connectivity index (χ2v) is 10.7. The maximum Gasteiger partial charge on any atom is 0.391 e. The van der Waals surface area contributed by atoms with Crippen molar-refractivity contribution in [2.24, 2.45) is 23.7 Å². The van der Waals surface area contributed by atoms with E-state index >= 15 is 0 Å². The van der Waals surface area contributed by atoms with Crippen LogP contribution in [0, 0.1) is 23.7 Å². The number of nitrogens with zero attached hydrogens (tertiary/aromatic N) is 1. The van der Waals surface area contributed by atoms with E-state index in [-0.39, 0.29) is 18.6 Å². The van der Waals surface area contributed by atoms with Crippen molar-refractivity contribution in [1.82, 2.24) is 4.90 Å². The summed E-state index contributed by atoms with van der Waals surface area (Å²) in [7, 11) is 0. The number of hydrogen-bond acceptors (Lipinski definition) is 5. The van der Waals surface area contributed by atoms with Crippen LogP contribution < -0.4 is 0 Å². The van der Waals surface area contributed by atoms with Crippen LogP contribution in [-0.4, -0.2) is 77.6 Å². The Labute approximate surface area is 196 Å². The number of halogens is 3. The largest absolute Gasteiger partial charge is 0.395 e. The lowest BCUT2D eigenvalue weighted by Crippen LogP contribution is -2.56.